The monoisotopic (exact) mass is 785 g/mol. The van der Waals surface area contributed by atoms with Crippen molar-refractivity contribution in [1.29, 1.82) is 0 Å². The Balaban J connectivity index is 0.923. The number of carbonyl (C=O) groups excluding carboxylic acids is 3. The summed E-state index contributed by atoms with van der Waals surface area (Å²) in [6, 6.07) is 40.0. The average molecular weight is 786 g/mol. The van der Waals surface area contributed by atoms with Gasteiger partial charge in [-0.3, -0.25) is 14.5 Å². The molecule has 1 unspecified atom stereocenters. The summed E-state index contributed by atoms with van der Waals surface area (Å²) in [7, 11) is 0. The first-order valence-electron chi connectivity index (χ1n) is 18.4. The molecule has 3 heterocycles. The molecule has 2 N–H and O–H groups in total. The Kier molecular flexibility index (Phi) is 11.5. The Morgan fingerprint density at radius 3 is 2.38 bits per heavy atom. The van der Waals surface area contributed by atoms with Gasteiger partial charge >= 0.3 is 6.09 Å². The number of hydrogen-bond acceptors (Lipinski definition) is 10. The Hall–Kier alpha value is -5.37. The molecule has 2 aliphatic rings. The van der Waals surface area contributed by atoms with Gasteiger partial charge in [0, 0.05) is 17.7 Å². The van der Waals surface area contributed by atoms with E-state index in [-0.39, 0.29) is 44.3 Å². The number of para-hydroxylation sites is 1. The van der Waals surface area contributed by atoms with Gasteiger partial charge in [-0.05, 0) is 51.6 Å². The van der Waals surface area contributed by atoms with Crippen molar-refractivity contribution < 1.29 is 33.7 Å². The first kappa shape index (κ1) is 37.5. The van der Waals surface area contributed by atoms with Gasteiger partial charge in [-0.25, -0.2) is 9.78 Å². The maximum absolute atomic E-state index is 13.2. The molecule has 2 fully saturated rings. The van der Waals surface area contributed by atoms with E-state index in [1.54, 1.807) is 23.1 Å². The minimum atomic E-state index is -0.976. The summed E-state index contributed by atoms with van der Waals surface area (Å²) in [5.74, 6) is -0.106. The van der Waals surface area contributed by atoms with Crippen LogP contribution in [0.25, 0.3) is 21.3 Å². The minimum absolute atomic E-state index is 0.0193. The molecule has 10 nitrogen and oxygen atoms in total. The van der Waals surface area contributed by atoms with E-state index in [0.717, 1.165) is 53.5 Å². The highest BCUT2D eigenvalue weighted by atomic mass is 32.2. The molecule has 1 aromatic heterocycles. The number of benzene rings is 5. The normalized spacial score (nSPS) is 19.7. The Labute approximate surface area is 332 Å². The lowest BCUT2D eigenvalue weighted by molar-refractivity contribution is -0.245. The van der Waals surface area contributed by atoms with Crippen LogP contribution in [0.15, 0.2) is 132 Å². The molecule has 2 saturated heterocycles. The van der Waals surface area contributed by atoms with Crippen molar-refractivity contribution in [2.45, 2.75) is 61.5 Å². The summed E-state index contributed by atoms with van der Waals surface area (Å²) in [5, 5.41) is 12.1. The summed E-state index contributed by atoms with van der Waals surface area (Å²) in [5.41, 5.74) is 7.22. The van der Waals surface area contributed by atoms with Crippen LogP contribution in [0.5, 0.6) is 0 Å². The number of likely N-dealkylation sites (tertiary alicyclic amines) is 1. The van der Waals surface area contributed by atoms with Crippen LogP contribution in [0.3, 0.4) is 0 Å². The van der Waals surface area contributed by atoms with Gasteiger partial charge in [0.15, 0.2) is 10.6 Å². The lowest BCUT2D eigenvalue weighted by Crippen LogP contribution is -2.41. The fourth-order valence-corrected chi connectivity index (χ4v) is 8.95. The zero-order chi connectivity index (χ0) is 38.4. The van der Waals surface area contributed by atoms with E-state index in [0.29, 0.717) is 12.2 Å². The first-order valence-corrected chi connectivity index (χ1v) is 20.2. The molecule has 0 aliphatic carbocycles. The van der Waals surface area contributed by atoms with Crippen molar-refractivity contribution in [3.63, 3.8) is 0 Å². The van der Waals surface area contributed by atoms with Crippen LogP contribution >= 0.6 is 23.1 Å². The van der Waals surface area contributed by atoms with Crippen molar-refractivity contribution in [3.05, 3.63) is 155 Å². The van der Waals surface area contributed by atoms with Crippen molar-refractivity contribution in [2.24, 2.45) is 0 Å². The number of thiazole rings is 1. The molecule has 56 heavy (non-hydrogen) atoms. The number of carbonyl (C=O) groups is 3. The molecular formula is C44H39N3O7S2. The number of aromatic nitrogens is 1. The van der Waals surface area contributed by atoms with E-state index >= 15 is 0 Å². The molecule has 0 saturated carbocycles. The third kappa shape index (κ3) is 8.85. The summed E-state index contributed by atoms with van der Waals surface area (Å²) in [4.78, 5) is 44.5. The maximum atomic E-state index is 13.2. The fourth-order valence-electron chi connectivity index (χ4n) is 6.83. The molecular weight excluding hydrogens is 747 g/mol. The largest absolute Gasteiger partial charge is 0.445 e. The van der Waals surface area contributed by atoms with Crippen molar-refractivity contribution in [1.82, 2.24) is 15.2 Å². The van der Waals surface area contributed by atoms with E-state index in [2.05, 4.69) is 11.4 Å². The van der Waals surface area contributed by atoms with Gasteiger partial charge in [-0.2, -0.15) is 0 Å². The predicted molar refractivity (Wildman–Crippen MR) is 214 cm³/mol. The molecule has 4 atom stereocenters. The van der Waals surface area contributed by atoms with Crippen LogP contribution in [0.4, 0.5) is 4.79 Å². The smallest absolute Gasteiger partial charge is 0.408 e. The van der Waals surface area contributed by atoms with Gasteiger partial charge in [-0.15, -0.1) is 11.3 Å². The van der Waals surface area contributed by atoms with Gasteiger partial charge in [0.25, 0.3) is 5.91 Å². The molecule has 8 rings (SSSR count). The first-order chi connectivity index (χ1) is 27.4. The molecule has 5 aromatic carbocycles. The minimum Gasteiger partial charge on any atom is -0.445 e. The van der Waals surface area contributed by atoms with Crippen molar-refractivity contribution in [2.75, 3.05) is 5.75 Å². The standard InChI is InChI=1S/C44H39N3O7S2/c48-25-28-13-15-32(16-14-28)38-22-35(27-55-44-46-36-11-4-5-12-39(36)56-44)53-42(54-38)33-19-17-31(18-20-33)34-10-6-9-30(21-34)24-47-40(49)23-37(41(47)50)45-43(51)52-26-29-7-2-1-3-8-29/h1-21,35,37-38,42,48H,22-27H2,(H,45,51)/t35-,37?,38+,42+/m0/s1. The van der Waals surface area contributed by atoms with E-state index in [1.807, 2.05) is 121 Å². The fraction of sp³-hybridized carbons (Fsp3) is 0.227. The van der Waals surface area contributed by atoms with Crippen LogP contribution in [-0.2, 0) is 43.6 Å². The number of amides is 3. The van der Waals surface area contributed by atoms with Gasteiger partial charge in [0.1, 0.15) is 12.6 Å². The van der Waals surface area contributed by atoms with E-state index in [4.69, 9.17) is 19.2 Å². The molecule has 0 bridgehead atoms. The number of alkyl carbamates (subject to hydrolysis) is 1. The number of ether oxygens (including phenoxy) is 3. The highest BCUT2D eigenvalue weighted by Crippen LogP contribution is 2.40. The molecule has 0 spiro atoms. The quantitative estimate of drug-likeness (QED) is 0.0930. The third-order valence-electron chi connectivity index (χ3n) is 9.81. The molecule has 6 aromatic rings. The Morgan fingerprint density at radius 2 is 1.59 bits per heavy atom. The van der Waals surface area contributed by atoms with Crippen LogP contribution in [0.2, 0.25) is 0 Å². The van der Waals surface area contributed by atoms with Gasteiger partial charge < -0.3 is 24.6 Å². The maximum Gasteiger partial charge on any atom is 0.408 e. The summed E-state index contributed by atoms with van der Waals surface area (Å²) >= 11 is 3.38. The molecule has 12 heteroatoms. The molecule has 284 valence electrons. The van der Waals surface area contributed by atoms with Gasteiger partial charge in [0.2, 0.25) is 5.91 Å². The zero-order valence-electron chi connectivity index (χ0n) is 30.3. The highest BCUT2D eigenvalue weighted by molar-refractivity contribution is 8.01. The van der Waals surface area contributed by atoms with E-state index in [1.165, 1.54) is 4.90 Å². The molecule has 2 aliphatic heterocycles. The Bertz CT molecular complexity index is 2280. The highest BCUT2D eigenvalue weighted by Gasteiger charge is 2.40. The van der Waals surface area contributed by atoms with Crippen LogP contribution in [0, 0.1) is 0 Å². The number of nitrogens with zero attached hydrogens (tertiary/aromatic N) is 2. The second kappa shape index (κ2) is 17.2. The average Bonchev–Trinajstić information content (AvgIpc) is 3.78. The number of aliphatic hydroxyl groups is 1. The summed E-state index contributed by atoms with van der Waals surface area (Å²) < 4.78 is 20.6. The summed E-state index contributed by atoms with van der Waals surface area (Å²) in [6.07, 6.45) is -1.10. The van der Waals surface area contributed by atoms with E-state index in [9.17, 15) is 19.5 Å². The number of imide groups is 1. The second-order valence-corrected chi connectivity index (χ2v) is 16.0. The lowest BCUT2D eigenvalue weighted by atomic mass is 9.99. The molecule has 0 radical (unpaired) electrons. The third-order valence-corrected chi connectivity index (χ3v) is 12.1. The van der Waals surface area contributed by atoms with Crippen molar-refractivity contribution in [3.8, 4) is 11.1 Å². The number of rotatable bonds is 12. The van der Waals surface area contributed by atoms with Crippen LogP contribution < -0.4 is 5.32 Å². The number of fused-ring (bicyclic) bond motifs is 1. The molecule has 3 amide bonds. The zero-order valence-corrected chi connectivity index (χ0v) is 31.9. The van der Waals surface area contributed by atoms with Gasteiger partial charge in [-0.1, -0.05) is 121 Å². The van der Waals surface area contributed by atoms with Gasteiger partial charge in [0.05, 0.1) is 42.0 Å². The van der Waals surface area contributed by atoms with Crippen molar-refractivity contribution >= 4 is 51.2 Å². The summed E-state index contributed by atoms with van der Waals surface area (Å²) in [6.45, 7) is 0.127. The Morgan fingerprint density at radius 1 is 0.839 bits per heavy atom. The number of thioether (sulfide) groups is 1. The number of aliphatic hydroxyl groups excluding tert-OH is 1. The van der Waals surface area contributed by atoms with Crippen LogP contribution in [-0.4, -0.2) is 50.8 Å². The second-order valence-electron chi connectivity index (χ2n) is 13.7. The topological polar surface area (TPSA) is 127 Å². The van der Waals surface area contributed by atoms with Crippen LogP contribution in [0.1, 0.15) is 53.1 Å². The van der Waals surface area contributed by atoms with E-state index < -0.39 is 24.3 Å². The SMILES string of the molecule is O=C(NC1CC(=O)N(Cc2cccc(-c3ccc([C@@H]4O[C@H](CSc5nc6ccccc6s5)C[C@H](c5ccc(CO)cc5)O4)cc3)c2)C1=O)OCc1ccccc1. The lowest BCUT2D eigenvalue weighted by Gasteiger charge is -2.36. The number of hydrogen-bond donors (Lipinski definition) is 2. The predicted octanol–water partition coefficient (Wildman–Crippen LogP) is 8.35. The number of nitrogens with one attached hydrogen (secondary N) is 1.